The summed E-state index contributed by atoms with van der Waals surface area (Å²) in [6.07, 6.45) is 4.42. The minimum atomic E-state index is 0.855. The molecule has 0 saturated heterocycles. The Morgan fingerprint density at radius 2 is 2.10 bits per heavy atom. The number of hydrogen-bond acceptors (Lipinski definition) is 1. The minimum absolute atomic E-state index is 0.855. The Morgan fingerprint density at radius 1 is 1.30 bits per heavy atom. The molecule has 0 aromatic carbocycles. The first-order valence-corrected chi connectivity index (χ1v) is 4.50. The molecular formula is C9H17N. The zero-order valence-electron chi connectivity index (χ0n) is 6.93. The van der Waals surface area contributed by atoms with E-state index in [1.54, 1.807) is 0 Å². The van der Waals surface area contributed by atoms with Gasteiger partial charge < -0.3 is 5.32 Å². The fourth-order valence-corrected chi connectivity index (χ4v) is 3.02. The van der Waals surface area contributed by atoms with E-state index in [4.69, 9.17) is 0 Å². The van der Waals surface area contributed by atoms with Crippen LogP contribution in [0.15, 0.2) is 0 Å². The normalized spacial score (nSPS) is 52.2. The van der Waals surface area contributed by atoms with Crippen molar-refractivity contribution < 1.29 is 0 Å². The van der Waals surface area contributed by atoms with Crippen LogP contribution in [0, 0.1) is 17.8 Å². The predicted octanol–water partition coefficient (Wildman–Crippen LogP) is 1.64. The van der Waals surface area contributed by atoms with Crippen molar-refractivity contribution in [1.82, 2.24) is 5.32 Å². The highest BCUT2D eigenvalue weighted by atomic mass is 14.9. The molecule has 0 spiro atoms. The molecule has 0 bridgehead atoms. The summed E-state index contributed by atoms with van der Waals surface area (Å²) in [6, 6.07) is 0.855. The van der Waals surface area contributed by atoms with Crippen LogP contribution in [0.4, 0.5) is 0 Å². The number of nitrogens with one attached hydrogen (secondary N) is 1. The van der Waals surface area contributed by atoms with Gasteiger partial charge in [-0.25, -0.2) is 0 Å². The van der Waals surface area contributed by atoms with Gasteiger partial charge in [-0.2, -0.15) is 0 Å². The molecule has 2 fully saturated rings. The van der Waals surface area contributed by atoms with E-state index in [0.717, 1.165) is 23.8 Å². The highest BCUT2D eigenvalue weighted by Gasteiger charge is 2.46. The highest BCUT2D eigenvalue weighted by molar-refractivity contribution is 4.99. The molecule has 2 rings (SSSR count). The van der Waals surface area contributed by atoms with Crippen LogP contribution in [0.5, 0.6) is 0 Å². The lowest BCUT2D eigenvalue weighted by Crippen LogP contribution is -2.42. The summed E-state index contributed by atoms with van der Waals surface area (Å²) in [5.41, 5.74) is 0. The third kappa shape index (κ3) is 0.731. The van der Waals surface area contributed by atoms with Crippen molar-refractivity contribution >= 4 is 0 Å². The van der Waals surface area contributed by atoms with E-state index in [9.17, 15) is 0 Å². The van der Waals surface area contributed by atoms with E-state index in [-0.39, 0.29) is 0 Å². The number of hydrogen-bond donors (Lipinski definition) is 1. The molecule has 2 aliphatic carbocycles. The van der Waals surface area contributed by atoms with Crippen LogP contribution in [-0.2, 0) is 0 Å². The van der Waals surface area contributed by atoms with Crippen LogP contribution in [0.1, 0.15) is 26.2 Å². The Balaban J connectivity index is 2.01. The Bertz CT molecular complexity index is 133. The van der Waals surface area contributed by atoms with E-state index in [1.165, 1.54) is 19.3 Å². The van der Waals surface area contributed by atoms with E-state index in [1.807, 2.05) is 0 Å². The van der Waals surface area contributed by atoms with E-state index >= 15 is 0 Å². The summed E-state index contributed by atoms with van der Waals surface area (Å²) >= 11 is 0. The van der Waals surface area contributed by atoms with Crippen LogP contribution >= 0.6 is 0 Å². The lowest BCUT2D eigenvalue weighted by atomic mass is 9.66. The Morgan fingerprint density at radius 3 is 2.60 bits per heavy atom. The van der Waals surface area contributed by atoms with Crippen LogP contribution in [0.3, 0.4) is 0 Å². The van der Waals surface area contributed by atoms with Crippen LogP contribution in [-0.4, -0.2) is 13.1 Å². The third-order valence-corrected chi connectivity index (χ3v) is 3.56. The lowest BCUT2D eigenvalue weighted by molar-refractivity contribution is 0.0990. The summed E-state index contributed by atoms with van der Waals surface area (Å²) in [5, 5.41) is 3.43. The predicted molar refractivity (Wildman–Crippen MR) is 42.8 cm³/mol. The summed E-state index contributed by atoms with van der Waals surface area (Å²) in [6.45, 7) is 2.40. The van der Waals surface area contributed by atoms with Crippen molar-refractivity contribution in [3.63, 3.8) is 0 Å². The van der Waals surface area contributed by atoms with Crippen molar-refractivity contribution in [2.75, 3.05) is 7.05 Å². The SMILES string of the molecule is CNC1CCC2CC(C)C21. The Hall–Kier alpha value is -0.0400. The lowest BCUT2D eigenvalue weighted by Gasteiger charge is -2.41. The zero-order valence-corrected chi connectivity index (χ0v) is 6.93. The molecule has 0 heterocycles. The van der Waals surface area contributed by atoms with Crippen molar-refractivity contribution in [2.24, 2.45) is 17.8 Å². The van der Waals surface area contributed by atoms with Crippen molar-refractivity contribution in [3.05, 3.63) is 0 Å². The summed E-state index contributed by atoms with van der Waals surface area (Å²) < 4.78 is 0. The zero-order chi connectivity index (χ0) is 7.14. The van der Waals surface area contributed by atoms with Crippen LogP contribution < -0.4 is 5.32 Å². The molecule has 10 heavy (non-hydrogen) atoms. The van der Waals surface area contributed by atoms with Gasteiger partial charge in [-0.1, -0.05) is 6.92 Å². The smallest absolute Gasteiger partial charge is 0.00976 e. The number of rotatable bonds is 1. The first-order valence-electron chi connectivity index (χ1n) is 4.50. The molecule has 58 valence electrons. The van der Waals surface area contributed by atoms with E-state index in [2.05, 4.69) is 19.3 Å². The Labute approximate surface area is 63.2 Å². The quantitative estimate of drug-likeness (QED) is 0.582. The second-order valence-corrected chi connectivity index (χ2v) is 4.02. The number of fused-ring (bicyclic) bond motifs is 1. The highest BCUT2D eigenvalue weighted by Crippen LogP contribution is 2.50. The minimum Gasteiger partial charge on any atom is -0.317 e. The van der Waals surface area contributed by atoms with Crippen LogP contribution in [0.2, 0.25) is 0 Å². The molecule has 4 unspecified atom stereocenters. The van der Waals surface area contributed by atoms with E-state index in [0.29, 0.717) is 0 Å². The molecule has 4 atom stereocenters. The average molecular weight is 139 g/mol. The Kier molecular flexibility index (Phi) is 1.48. The molecule has 0 radical (unpaired) electrons. The topological polar surface area (TPSA) is 12.0 Å². The molecule has 0 aliphatic heterocycles. The standard InChI is InChI=1S/C9H17N/c1-6-5-7-3-4-8(10-2)9(6)7/h6-10H,3-5H2,1-2H3. The molecule has 2 saturated carbocycles. The summed E-state index contributed by atoms with van der Waals surface area (Å²) in [4.78, 5) is 0. The molecule has 0 amide bonds. The second-order valence-electron chi connectivity index (χ2n) is 4.02. The summed E-state index contributed by atoms with van der Waals surface area (Å²) in [7, 11) is 2.11. The van der Waals surface area contributed by atoms with Gasteiger partial charge in [0.15, 0.2) is 0 Å². The fourth-order valence-electron chi connectivity index (χ4n) is 3.02. The van der Waals surface area contributed by atoms with Gasteiger partial charge >= 0.3 is 0 Å². The molecular weight excluding hydrogens is 122 g/mol. The van der Waals surface area contributed by atoms with Gasteiger partial charge in [-0.05, 0) is 44.1 Å². The van der Waals surface area contributed by atoms with Gasteiger partial charge in [0.25, 0.3) is 0 Å². The van der Waals surface area contributed by atoms with Crippen LogP contribution in [0.25, 0.3) is 0 Å². The van der Waals surface area contributed by atoms with Gasteiger partial charge in [0.2, 0.25) is 0 Å². The van der Waals surface area contributed by atoms with E-state index < -0.39 is 0 Å². The largest absolute Gasteiger partial charge is 0.317 e. The molecule has 1 heteroatoms. The molecule has 1 N–H and O–H groups in total. The van der Waals surface area contributed by atoms with Gasteiger partial charge in [-0.15, -0.1) is 0 Å². The molecule has 0 aromatic rings. The van der Waals surface area contributed by atoms with Gasteiger partial charge in [-0.3, -0.25) is 0 Å². The average Bonchev–Trinajstić information content (AvgIpc) is 2.25. The van der Waals surface area contributed by atoms with Gasteiger partial charge in [0.1, 0.15) is 0 Å². The first kappa shape index (κ1) is 6.66. The summed E-state index contributed by atoms with van der Waals surface area (Å²) in [5.74, 6) is 3.13. The molecule has 2 aliphatic rings. The molecule has 1 nitrogen and oxygen atoms in total. The van der Waals surface area contributed by atoms with Gasteiger partial charge in [0.05, 0.1) is 0 Å². The third-order valence-electron chi connectivity index (χ3n) is 3.56. The van der Waals surface area contributed by atoms with Crippen molar-refractivity contribution in [2.45, 2.75) is 32.2 Å². The van der Waals surface area contributed by atoms with Crippen molar-refractivity contribution in [1.29, 1.82) is 0 Å². The van der Waals surface area contributed by atoms with Gasteiger partial charge in [0, 0.05) is 6.04 Å². The second kappa shape index (κ2) is 2.23. The maximum Gasteiger partial charge on any atom is 0.00976 e. The maximum atomic E-state index is 3.43. The molecule has 0 aromatic heterocycles. The van der Waals surface area contributed by atoms with Crippen molar-refractivity contribution in [3.8, 4) is 0 Å². The fraction of sp³-hybridized carbons (Fsp3) is 1.00. The first-order chi connectivity index (χ1) is 4.83. The maximum absolute atomic E-state index is 3.43. The monoisotopic (exact) mass is 139 g/mol.